The van der Waals surface area contributed by atoms with E-state index in [9.17, 15) is 18.0 Å². The van der Waals surface area contributed by atoms with Crippen molar-refractivity contribution in [1.82, 2.24) is 10.3 Å². The number of aromatic amines is 1. The maximum absolute atomic E-state index is 12.4. The second-order valence-corrected chi connectivity index (χ2v) is 8.87. The van der Waals surface area contributed by atoms with Crippen LogP contribution in [0.1, 0.15) is 35.2 Å². The van der Waals surface area contributed by atoms with E-state index in [0.717, 1.165) is 19.1 Å². The van der Waals surface area contributed by atoms with Gasteiger partial charge in [-0.25, -0.2) is 8.42 Å². The third-order valence-electron chi connectivity index (χ3n) is 4.26. The number of sulfonamides is 1. The summed E-state index contributed by atoms with van der Waals surface area (Å²) in [5.41, 5.74) is 1.38. The number of piperidine rings is 1. The molecule has 2 heterocycles. The second kappa shape index (κ2) is 8.24. The monoisotopic (exact) mass is 424 g/mol. The number of H-pyrrole nitrogens is 1. The fourth-order valence-electron chi connectivity index (χ4n) is 3.04. The van der Waals surface area contributed by atoms with E-state index >= 15 is 0 Å². The molecule has 0 radical (unpaired) electrons. The van der Waals surface area contributed by atoms with Crippen LogP contribution >= 0.6 is 11.6 Å². The van der Waals surface area contributed by atoms with E-state index in [2.05, 4.69) is 15.0 Å². The molecular weight excluding hydrogens is 404 g/mol. The maximum atomic E-state index is 12.4. The number of nitrogens with one attached hydrogen (secondary N) is 3. The number of aromatic nitrogens is 1. The zero-order chi connectivity index (χ0) is 20.3. The van der Waals surface area contributed by atoms with Gasteiger partial charge in [0.15, 0.2) is 0 Å². The van der Waals surface area contributed by atoms with E-state index in [1.54, 1.807) is 29.3 Å². The van der Waals surface area contributed by atoms with Gasteiger partial charge in [-0.3, -0.25) is 19.2 Å². The number of amides is 2. The van der Waals surface area contributed by atoms with Crippen LogP contribution < -0.4 is 14.9 Å². The molecule has 1 aliphatic heterocycles. The molecule has 1 aromatic heterocycles. The molecule has 2 aromatic rings. The van der Waals surface area contributed by atoms with Gasteiger partial charge in [0, 0.05) is 30.7 Å². The highest BCUT2D eigenvalue weighted by Crippen LogP contribution is 2.22. The minimum Gasteiger partial charge on any atom is -0.348 e. The first-order valence-corrected chi connectivity index (χ1v) is 11.0. The number of rotatable bonds is 6. The number of carbonyl (C=O) groups is 2. The third kappa shape index (κ3) is 5.26. The average Bonchev–Trinajstić information content (AvgIpc) is 3.08. The lowest BCUT2D eigenvalue weighted by Gasteiger charge is -2.25. The van der Waals surface area contributed by atoms with Crippen LogP contribution in [-0.2, 0) is 21.4 Å². The molecule has 150 valence electrons. The van der Waals surface area contributed by atoms with Gasteiger partial charge in [0.25, 0.3) is 5.91 Å². The summed E-state index contributed by atoms with van der Waals surface area (Å²) in [6.07, 6.45) is 4.94. The molecule has 10 heteroatoms. The van der Waals surface area contributed by atoms with Crippen molar-refractivity contribution in [2.24, 2.45) is 0 Å². The molecular formula is C18H21ClN4O4S. The zero-order valence-corrected chi connectivity index (χ0v) is 16.9. The van der Waals surface area contributed by atoms with E-state index in [-0.39, 0.29) is 18.4 Å². The molecule has 0 aliphatic carbocycles. The van der Waals surface area contributed by atoms with Crippen molar-refractivity contribution in [3.63, 3.8) is 0 Å². The quantitative estimate of drug-likeness (QED) is 0.661. The van der Waals surface area contributed by atoms with Crippen LogP contribution in [0.4, 0.5) is 11.5 Å². The molecule has 0 spiro atoms. The first kappa shape index (κ1) is 20.2. The molecule has 28 heavy (non-hydrogen) atoms. The highest BCUT2D eigenvalue weighted by atomic mass is 35.5. The lowest BCUT2D eigenvalue weighted by Crippen LogP contribution is -2.35. The summed E-state index contributed by atoms with van der Waals surface area (Å²) in [6, 6.07) is 6.38. The van der Waals surface area contributed by atoms with E-state index in [1.165, 1.54) is 6.07 Å². The smallest absolute Gasteiger partial charge is 0.253 e. The van der Waals surface area contributed by atoms with Crippen molar-refractivity contribution in [2.45, 2.75) is 25.8 Å². The summed E-state index contributed by atoms with van der Waals surface area (Å²) in [4.78, 5) is 29.0. The first-order chi connectivity index (χ1) is 13.2. The molecule has 8 nitrogen and oxygen atoms in total. The van der Waals surface area contributed by atoms with Crippen molar-refractivity contribution < 1.29 is 18.0 Å². The molecule has 1 fully saturated rings. The summed E-state index contributed by atoms with van der Waals surface area (Å²) in [5, 5.41) is 3.11. The predicted octanol–water partition coefficient (Wildman–Crippen LogP) is 2.49. The molecule has 1 saturated heterocycles. The third-order valence-corrected chi connectivity index (χ3v) is 5.08. The Bertz CT molecular complexity index is 1000. The van der Waals surface area contributed by atoms with Crippen LogP contribution in [0.3, 0.4) is 0 Å². The van der Waals surface area contributed by atoms with Crippen molar-refractivity contribution in [1.29, 1.82) is 0 Å². The summed E-state index contributed by atoms with van der Waals surface area (Å²) in [6.45, 7) is 0.806. The van der Waals surface area contributed by atoms with E-state index < -0.39 is 10.0 Å². The van der Waals surface area contributed by atoms with E-state index in [4.69, 9.17) is 11.6 Å². The van der Waals surface area contributed by atoms with Gasteiger partial charge in [-0.1, -0.05) is 11.6 Å². The fourth-order valence-corrected chi connectivity index (χ4v) is 3.84. The van der Waals surface area contributed by atoms with Crippen LogP contribution in [0.25, 0.3) is 0 Å². The van der Waals surface area contributed by atoms with Crippen LogP contribution in [0.15, 0.2) is 30.5 Å². The van der Waals surface area contributed by atoms with Gasteiger partial charge < -0.3 is 10.3 Å². The van der Waals surface area contributed by atoms with Crippen molar-refractivity contribution >= 4 is 44.9 Å². The predicted molar refractivity (Wildman–Crippen MR) is 108 cm³/mol. The topological polar surface area (TPSA) is 111 Å². The van der Waals surface area contributed by atoms with E-state index in [1.807, 2.05) is 0 Å². The molecule has 3 N–H and O–H groups in total. The lowest BCUT2D eigenvalue weighted by molar-refractivity contribution is -0.119. The number of hydrogen-bond acceptors (Lipinski definition) is 4. The van der Waals surface area contributed by atoms with Gasteiger partial charge >= 0.3 is 0 Å². The molecule has 3 rings (SSSR count). The SMILES string of the molecule is CS(=O)(=O)Nc1cc(Cl)cc(CNC(=O)c2c[nH]c(N3CCCCC3=O)c2)c1. The Morgan fingerprint density at radius 3 is 2.75 bits per heavy atom. The molecule has 2 amide bonds. The second-order valence-electron chi connectivity index (χ2n) is 6.68. The van der Waals surface area contributed by atoms with Gasteiger partial charge in [-0.2, -0.15) is 0 Å². The molecule has 1 aromatic carbocycles. The van der Waals surface area contributed by atoms with Crippen LogP contribution in [0.5, 0.6) is 0 Å². The van der Waals surface area contributed by atoms with E-state index in [0.29, 0.717) is 40.6 Å². The van der Waals surface area contributed by atoms with Crippen LogP contribution in [-0.4, -0.2) is 38.0 Å². The standard InChI is InChI=1S/C18H21ClN4O4S/c1-28(26,27)22-15-7-12(6-14(19)9-15)10-21-18(25)13-8-16(20-11-13)23-5-3-2-4-17(23)24/h6-9,11,20,22H,2-5,10H2,1H3,(H,21,25). The largest absolute Gasteiger partial charge is 0.348 e. The maximum Gasteiger partial charge on any atom is 0.253 e. The minimum absolute atomic E-state index is 0.0462. The molecule has 1 aliphatic rings. The van der Waals surface area contributed by atoms with Crippen LogP contribution in [0.2, 0.25) is 5.02 Å². The van der Waals surface area contributed by atoms with Crippen LogP contribution in [0, 0.1) is 0 Å². The number of anilines is 2. The Morgan fingerprint density at radius 2 is 2.04 bits per heavy atom. The average molecular weight is 425 g/mol. The van der Waals surface area contributed by atoms with Crippen molar-refractivity contribution in [2.75, 3.05) is 22.4 Å². The number of nitrogens with zero attached hydrogens (tertiary/aromatic N) is 1. The van der Waals surface area contributed by atoms with Crippen molar-refractivity contribution in [3.8, 4) is 0 Å². The van der Waals surface area contributed by atoms with Gasteiger partial charge in [0.1, 0.15) is 5.82 Å². The molecule has 0 unspecified atom stereocenters. The number of carbonyl (C=O) groups excluding carboxylic acids is 2. The number of halogens is 1. The Labute approximate surface area is 168 Å². The summed E-state index contributed by atoms with van der Waals surface area (Å²) in [7, 11) is -3.43. The molecule has 0 atom stereocenters. The number of benzene rings is 1. The number of hydrogen-bond donors (Lipinski definition) is 3. The van der Waals surface area contributed by atoms with Gasteiger partial charge in [0.2, 0.25) is 15.9 Å². The fraction of sp³-hybridized carbons (Fsp3) is 0.333. The summed E-state index contributed by atoms with van der Waals surface area (Å²) < 4.78 is 25.1. The first-order valence-electron chi connectivity index (χ1n) is 8.75. The molecule has 0 bridgehead atoms. The minimum atomic E-state index is -3.43. The molecule has 0 saturated carbocycles. The van der Waals surface area contributed by atoms with Gasteiger partial charge in [-0.05, 0) is 42.7 Å². The zero-order valence-electron chi connectivity index (χ0n) is 15.3. The highest BCUT2D eigenvalue weighted by Gasteiger charge is 2.21. The summed E-state index contributed by atoms with van der Waals surface area (Å²) >= 11 is 6.02. The van der Waals surface area contributed by atoms with Crippen molar-refractivity contribution in [3.05, 3.63) is 46.6 Å². The Morgan fingerprint density at radius 1 is 1.25 bits per heavy atom. The Kier molecular flexibility index (Phi) is 5.95. The lowest BCUT2D eigenvalue weighted by atomic mass is 10.1. The Hall–Kier alpha value is -2.52. The van der Waals surface area contributed by atoms with Gasteiger partial charge in [0.05, 0.1) is 17.5 Å². The van der Waals surface area contributed by atoms with Gasteiger partial charge in [-0.15, -0.1) is 0 Å². The summed E-state index contributed by atoms with van der Waals surface area (Å²) in [5.74, 6) is 0.340. The Balaban J connectivity index is 1.65. The normalized spacial score (nSPS) is 14.8. The highest BCUT2D eigenvalue weighted by molar-refractivity contribution is 7.92.